The van der Waals surface area contributed by atoms with Crippen LogP contribution in [-0.4, -0.2) is 68.8 Å². The first-order chi connectivity index (χ1) is 23.4. The number of aryl methyl sites for hydroxylation is 1. The molecule has 3 aliphatic rings. The first kappa shape index (κ1) is 40.0. The van der Waals surface area contributed by atoms with Crippen LogP contribution < -0.4 is 25.6 Å². The lowest BCUT2D eigenvalue weighted by Crippen LogP contribution is -2.44. The number of nitrogens with zero attached hydrogens (tertiary/aromatic N) is 1. The fraction of sp³-hybridized carbons (Fsp3) is 0.395. The number of amides is 4. The molecule has 3 fully saturated rings. The van der Waals surface area contributed by atoms with E-state index < -0.39 is 23.5 Å². The standard InChI is InChI=1S/C18H17N3O4.C11H14O2.C5H8O.C4H9N/c1-2-18(16(24)19-17(25)20-18)10-9-12-3-5-13(6-4-12)21-14(11-22)7-8-15(21)23;1-4-9-5-6-10(13-3)7-11(9)8(2)12;1-4-5(2)6-3;1-5-4-2-3-4/h3-6,11,14H,2,7-8H2,1H3,(H2,19,20,24,25);5-7H,4H2,1-3H3;4H,1-2H2,3H3;4-5H,2-3H2,1H3/t14?,18-;;;/m0.../s1. The van der Waals surface area contributed by atoms with Crippen molar-refractivity contribution in [2.75, 3.05) is 26.2 Å². The molecule has 1 saturated carbocycles. The maximum Gasteiger partial charge on any atom is 0.323 e. The number of ether oxygens (including phenoxy) is 2. The molecule has 5 rings (SSSR count). The highest BCUT2D eigenvalue weighted by Crippen LogP contribution is 2.26. The number of rotatable bonds is 9. The number of imide groups is 1. The predicted octanol–water partition coefficient (Wildman–Crippen LogP) is 4.88. The van der Waals surface area contributed by atoms with E-state index >= 15 is 0 Å². The number of urea groups is 1. The second-order valence-corrected chi connectivity index (χ2v) is 11.3. The van der Waals surface area contributed by atoms with Crippen LogP contribution in [-0.2, 0) is 25.5 Å². The SMILES string of the molecule is C=CC(=C)OC.CC[C@@]1(C#Cc2ccc(N3C(=O)CCC3C=O)cc2)NC(=O)NC1=O.CCc1ccc(OC)cc1C(C)=O.CNC1CC1. The number of carbonyl (C=O) groups is 5. The van der Waals surface area contributed by atoms with Gasteiger partial charge in [0.25, 0.3) is 5.91 Å². The Morgan fingerprint density at radius 2 is 1.78 bits per heavy atom. The second-order valence-electron chi connectivity index (χ2n) is 11.3. The number of methoxy groups -OCH3 is 2. The summed E-state index contributed by atoms with van der Waals surface area (Å²) in [6, 6.07) is 12.4. The van der Waals surface area contributed by atoms with Crippen LogP contribution in [0.2, 0.25) is 0 Å². The number of hydrogen-bond acceptors (Lipinski definition) is 8. The minimum absolute atomic E-state index is 0.0776. The summed E-state index contributed by atoms with van der Waals surface area (Å²) in [6.45, 7) is 12.2. The summed E-state index contributed by atoms with van der Waals surface area (Å²) >= 11 is 0. The zero-order valence-corrected chi connectivity index (χ0v) is 29.3. The Hall–Kier alpha value is -5.21. The van der Waals surface area contributed by atoms with Gasteiger partial charge in [-0.3, -0.25) is 19.7 Å². The molecule has 0 bridgehead atoms. The molecule has 4 amide bonds. The van der Waals surface area contributed by atoms with Crippen LogP contribution >= 0.6 is 0 Å². The van der Waals surface area contributed by atoms with Gasteiger partial charge in [-0.2, -0.15) is 0 Å². The molecule has 262 valence electrons. The van der Waals surface area contributed by atoms with Crippen LogP contribution in [0.15, 0.2) is 67.5 Å². The van der Waals surface area contributed by atoms with E-state index in [4.69, 9.17) is 4.74 Å². The highest BCUT2D eigenvalue weighted by atomic mass is 16.5. The number of anilines is 1. The van der Waals surface area contributed by atoms with Gasteiger partial charge >= 0.3 is 6.03 Å². The summed E-state index contributed by atoms with van der Waals surface area (Å²) in [7, 11) is 5.17. The van der Waals surface area contributed by atoms with Crippen molar-refractivity contribution in [2.45, 2.75) is 76.9 Å². The van der Waals surface area contributed by atoms with E-state index in [9.17, 15) is 24.0 Å². The molecule has 2 aromatic rings. The molecule has 0 spiro atoms. The van der Waals surface area contributed by atoms with Gasteiger partial charge in [0.2, 0.25) is 5.91 Å². The molecule has 2 heterocycles. The Bertz CT molecular complexity index is 1570. The lowest BCUT2D eigenvalue weighted by Gasteiger charge is -2.20. The average Bonchev–Trinajstić information content (AvgIpc) is 3.83. The second kappa shape index (κ2) is 19.6. The molecule has 2 atom stereocenters. The van der Waals surface area contributed by atoms with E-state index in [0.717, 1.165) is 35.6 Å². The van der Waals surface area contributed by atoms with Gasteiger partial charge in [-0.15, -0.1) is 0 Å². The Labute approximate surface area is 289 Å². The maximum absolute atomic E-state index is 11.9. The number of Topliss-reactive ketones (excluding diaryl/α,β-unsaturated/α-hetero) is 1. The van der Waals surface area contributed by atoms with Crippen molar-refractivity contribution in [3.05, 3.63) is 84.1 Å². The summed E-state index contributed by atoms with van der Waals surface area (Å²) in [5.74, 6) is 6.62. The van der Waals surface area contributed by atoms with Crippen molar-refractivity contribution in [1.29, 1.82) is 0 Å². The van der Waals surface area contributed by atoms with E-state index in [0.29, 0.717) is 36.3 Å². The number of nitrogens with one attached hydrogen (secondary N) is 3. The lowest BCUT2D eigenvalue weighted by atomic mass is 9.97. The Morgan fingerprint density at radius 3 is 2.18 bits per heavy atom. The predicted molar refractivity (Wildman–Crippen MR) is 190 cm³/mol. The van der Waals surface area contributed by atoms with Crippen LogP contribution in [0.5, 0.6) is 5.75 Å². The number of carbonyl (C=O) groups excluding carboxylic acids is 5. The van der Waals surface area contributed by atoms with Crippen molar-refractivity contribution in [2.24, 2.45) is 0 Å². The summed E-state index contributed by atoms with van der Waals surface area (Å²) in [4.78, 5) is 59.0. The smallest absolute Gasteiger partial charge is 0.323 e. The van der Waals surface area contributed by atoms with Crippen molar-refractivity contribution in [3.63, 3.8) is 0 Å². The number of benzene rings is 2. The molecule has 2 aliphatic heterocycles. The van der Waals surface area contributed by atoms with Crippen LogP contribution in [0.3, 0.4) is 0 Å². The summed E-state index contributed by atoms with van der Waals surface area (Å²) in [5, 5.41) is 7.87. The molecule has 0 aromatic heterocycles. The monoisotopic (exact) mass is 672 g/mol. The first-order valence-corrected chi connectivity index (χ1v) is 16.2. The normalized spacial score (nSPS) is 18.7. The van der Waals surface area contributed by atoms with E-state index in [-0.39, 0.29) is 11.7 Å². The molecule has 11 heteroatoms. The maximum atomic E-state index is 11.9. The van der Waals surface area contributed by atoms with E-state index in [1.54, 1.807) is 64.5 Å². The third-order valence-electron chi connectivity index (χ3n) is 8.00. The van der Waals surface area contributed by atoms with Gasteiger partial charge in [0, 0.05) is 29.3 Å². The molecule has 2 saturated heterocycles. The average molecular weight is 673 g/mol. The van der Waals surface area contributed by atoms with Crippen LogP contribution in [0.25, 0.3) is 0 Å². The Kier molecular flexibility index (Phi) is 16.0. The Balaban J connectivity index is 0.000000286. The third kappa shape index (κ3) is 11.8. The zero-order chi connectivity index (χ0) is 36.6. The highest BCUT2D eigenvalue weighted by molar-refractivity contribution is 6.09. The molecule has 1 unspecified atom stereocenters. The fourth-order valence-electron chi connectivity index (χ4n) is 4.75. The van der Waals surface area contributed by atoms with Gasteiger partial charge in [0.1, 0.15) is 17.8 Å². The quantitative estimate of drug-likeness (QED) is 0.0855. The van der Waals surface area contributed by atoms with Gasteiger partial charge in [-0.05, 0) is 94.1 Å². The molecular weight excluding hydrogens is 624 g/mol. The zero-order valence-electron chi connectivity index (χ0n) is 29.3. The number of hydrogen-bond donors (Lipinski definition) is 3. The molecule has 3 N–H and O–H groups in total. The van der Waals surface area contributed by atoms with Crippen molar-refractivity contribution >= 4 is 35.6 Å². The van der Waals surface area contributed by atoms with Gasteiger partial charge < -0.3 is 29.8 Å². The fourth-order valence-corrected chi connectivity index (χ4v) is 4.75. The van der Waals surface area contributed by atoms with Crippen molar-refractivity contribution in [1.82, 2.24) is 16.0 Å². The first-order valence-electron chi connectivity index (χ1n) is 16.2. The van der Waals surface area contributed by atoms with Gasteiger partial charge in [0.15, 0.2) is 11.3 Å². The number of ketones is 1. The largest absolute Gasteiger partial charge is 0.497 e. The van der Waals surface area contributed by atoms with E-state index in [1.807, 2.05) is 26.1 Å². The summed E-state index contributed by atoms with van der Waals surface area (Å²) in [5.41, 5.74) is 1.90. The topological polar surface area (TPSA) is 143 Å². The summed E-state index contributed by atoms with van der Waals surface area (Å²) < 4.78 is 9.64. The van der Waals surface area contributed by atoms with Crippen LogP contribution in [0.1, 0.15) is 74.4 Å². The number of aldehydes is 1. The van der Waals surface area contributed by atoms with Crippen LogP contribution in [0.4, 0.5) is 10.5 Å². The van der Waals surface area contributed by atoms with Gasteiger partial charge in [-0.1, -0.05) is 44.9 Å². The highest BCUT2D eigenvalue weighted by Gasteiger charge is 2.43. The minimum Gasteiger partial charge on any atom is -0.497 e. The van der Waals surface area contributed by atoms with Crippen molar-refractivity contribution in [3.8, 4) is 17.6 Å². The molecule has 2 aromatic carbocycles. The van der Waals surface area contributed by atoms with E-state index in [2.05, 4.69) is 45.7 Å². The molecule has 0 radical (unpaired) electrons. The van der Waals surface area contributed by atoms with Crippen molar-refractivity contribution < 1.29 is 33.4 Å². The van der Waals surface area contributed by atoms with Gasteiger partial charge in [-0.25, -0.2) is 4.79 Å². The Morgan fingerprint density at radius 1 is 1.10 bits per heavy atom. The molecule has 1 aliphatic carbocycles. The van der Waals surface area contributed by atoms with Crippen LogP contribution in [0, 0.1) is 11.8 Å². The summed E-state index contributed by atoms with van der Waals surface area (Å²) in [6.07, 6.45) is 7.24. The van der Waals surface area contributed by atoms with E-state index in [1.165, 1.54) is 17.7 Å². The number of allylic oxidation sites excluding steroid dienone is 1. The molecule has 49 heavy (non-hydrogen) atoms. The minimum atomic E-state index is -1.22. The molecule has 11 nitrogen and oxygen atoms in total. The van der Waals surface area contributed by atoms with Gasteiger partial charge in [0.05, 0.1) is 20.3 Å². The third-order valence-corrected chi connectivity index (χ3v) is 8.00. The molecular formula is C38H48N4O7. The lowest BCUT2D eigenvalue weighted by molar-refractivity contribution is -0.122.